The maximum Gasteiger partial charge on any atom is 0.317 e. The first-order chi connectivity index (χ1) is 12.6. The van der Waals surface area contributed by atoms with Crippen LogP contribution < -0.4 is 10.1 Å². The minimum Gasteiger partial charge on any atom is -0.486 e. The van der Waals surface area contributed by atoms with Crippen LogP contribution in [0, 0.1) is 0 Å². The van der Waals surface area contributed by atoms with E-state index < -0.39 is 0 Å². The highest BCUT2D eigenvalue weighted by molar-refractivity contribution is 6.32. The molecule has 0 atom stereocenters. The summed E-state index contributed by atoms with van der Waals surface area (Å²) in [5.41, 5.74) is 2.49. The van der Waals surface area contributed by atoms with Crippen molar-refractivity contribution in [2.24, 2.45) is 0 Å². The summed E-state index contributed by atoms with van der Waals surface area (Å²) >= 11 is 6.30. The van der Waals surface area contributed by atoms with Crippen LogP contribution in [0.25, 0.3) is 10.9 Å². The molecule has 1 aliphatic rings. The van der Waals surface area contributed by atoms with E-state index in [0.717, 1.165) is 29.4 Å². The first-order valence-electron chi connectivity index (χ1n) is 8.44. The van der Waals surface area contributed by atoms with Crippen LogP contribution in [0.5, 0.6) is 5.75 Å². The van der Waals surface area contributed by atoms with Gasteiger partial charge in [0.05, 0.1) is 11.6 Å². The van der Waals surface area contributed by atoms with Crippen LogP contribution in [0.2, 0.25) is 5.02 Å². The number of hydrogen-bond donors (Lipinski definition) is 2. The van der Waals surface area contributed by atoms with Gasteiger partial charge in [0.15, 0.2) is 0 Å². The molecule has 0 radical (unpaired) electrons. The molecule has 2 N–H and O–H groups in total. The number of carbonyl (C=O) groups is 1. The minimum atomic E-state index is -0.0548. The molecule has 0 spiro atoms. The lowest BCUT2D eigenvalue weighted by atomic mass is 10.2. The third kappa shape index (κ3) is 3.62. The van der Waals surface area contributed by atoms with E-state index >= 15 is 0 Å². The number of nitrogens with zero attached hydrogens (tertiary/aromatic N) is 2. The predicted octanol–water partition coefficient (Wildman–Crippen LogP) is 3.69. The summed E-state index contributed by atoms with van der Waals surface area (Å²) in [4.78, 5) is 17.1. The number of benzene rings is 1. The molecule has 0 aliphatic heterocycles. The Hall–Kier alpha value is -2.67. The lowest BCUT2D eigenvalue weighted by molar-refractivity contribution is 0.206. The molecule has 3 aromatic rings. The molecule has 136 valence electrons. The molecule has 0 bridgehead atoms. The Bertz CT molecular complexity index is 918. The average Bonchev–Trinajstić information content (AvgIpc) is 3.20. The second-order valence-electron chi connectivity index (χ2n) is 6.44. The topological polar surface area (TPSA) is 83.4 Å². The summed E-state index contributed by atoms with van der Waals surface area (Å²) in [6, 6.07) is 7.73. The number of ether oxygens (including phenoxy) is 1. The Labute approximate surface area is 155 Å². The van der Waals surface area contributed by atoms with Crippen molar-refractivity contribution in [2.75, 3.05) is 7.05 Å². The number of nitrogens with one attached hydrogen (secondary N) is 2. The van der Waals surface area contributed by atoms with Gasteiger partial charge in [-0.25, -0.2) is 4.79 Å². The third-order valence-electron chi connectivity index (χ3n) is 4.44. The zero-order valence-electron chi connectivity index (χ0n) is 14.3. The van der Waals surface area contributed by atoms with Crippen LogP contribution in [0.1, 0.15) is 24.2 Å². The van der Waals surface area contributed by atoms with Crippen molar-refractivity contribution in [2.45, 2.75) is 32.0 Å². The van der Waals surface area contributed by atoms with Gasteiger partial charge in [0.1, 0.15) is 24.3 Å². The monoisotopic (exact) mass is 374 g/mol. The Morgan fingerprint density at radius 3 is 3.04 bits per heavy atom. The van der Waals surface area contributed by atoms with Gasteiger partial charge < -0.3 is 24.5 Å². The lowest BCUT2D eigenvalue weighted by Crippen LogP contribution is -2.38. The van der Waals surface area contributed by atoms with Crippen molar-refractivity contribution < 1.29 is 14.1 Å². The summed E-state index contributed by atoms with van der Waals surface area (Å²) in [7, 11) is 1.83. The number of fused-ring (bicyclic) bond motifs is 1. The average molecular weight is 375 g/mol. The summed E-state index contributed by atoms with van der Waals surface area (Å²) < 4.78 is 10.5. The van der Waals surface area contributed by atoms with E-state index in [9.17, 15) is 4.79 Å². The maximum atomic E-state index is 12.1. The van der Waals surface area contributed by atoms with Crippen molar-refractivity contribution in [3.8, 4) is 5.75 Å². The molecular weight excluding hydrogens is 356 g/mol. The number of halogens is 1. The van der Waals surface area contributed by atoms with E-state index in [-0.39, 0.29) is 12.6 Å². The number of amides is 2. The number of rotatable bonds is 6. The van der Waals surface area contributed by atoms with E-state index in [4.69, 9.17) is 20.9 Å². The second-order valence-corrected chi connectivity index (χ2v) is 6.85. The molecular formula is C18H19ClN4O3. The zero-order valence-corrected chi connectivity index (χ0v) is 15.0. The van der Waals surface area contributed by atoms with Crippen LogP contribution >= 0.6 is 11.6 Å². The molecule has 2 heterocycles. The summed E-state index contributed by atoms with van der Waals surface area (Å²) in [5.74, 6) is 0.563. The molecule has 0 unspecified atom stereocenters. The van der Waals surface area contributed by atoms with Gasteiger partial charge in [0, 0.05) is 41.8 Å². The van der Waals surface area contributed by atoms with E-state index in [1.165, 1.54) is 6.26 Å². The van der Waals surface area contributed by atoms with Gasteiger partial charge >= 0.3 is 6.03 Å². The van der Waals surface area contributed by atoms with Gasteiger partial charge in [-0.15, -0.1) is 0 Å². The Morgan fingerprint density at radius 1 is 1.46 bits per heavy atom. The molecule has 2 aromatic heterocycles. The van der Waals surface area contributed by atoms with Crippen molar-refractivity contribution >= 4 is 28.5 Å². The Kier molecular flexibility index (Phi) is 4.46. The van der Waals surface area contributed by atoms with Crippen molar-refractivity contribution in [3.63, 3.8) is 0 Å². The fourth-order valence-electron chi connectivity index (χ4n) is 2.79. The van der Waals surface area contributed by atoms with E-state index in [2.05, 4.69) is 15.5 Å². The van der Waals surface area contributed by atoms with Gasteiger partial charge in [-0.1, -0.05) is 16.8 Å². The fraction of sp³-hybridized carbons (Fsp3) is 0.333. The molecule has 1 saturated carbocycles. The maximum absolute atomic E-state index is 12.1. The first kappa shape index (κ1) is 16.8. The molecule has 4 rings (SSSR count). The van der Waals surface area contributed by atoms with Gasteiger partial charge in [0.2, 0.25) is 0 Å². The number of aromatic nitrogens is 2. The van der Waals surface area contributed by atoms with Crippen molar-refractivity contribution in [1.82, 2.24) is 20.4 Å². The molecule has 7 nitrogen and oxygen atoms in total. The molecule has 1 aliphatic carbocycles. The van der Waals surface area contributed by atoms with Crippen LogP contribution in [0.15, 0.2) is 35.1 Å². The zero-order chi connectivity index (χ0) is 18.1. The fourth-order valence-corrected chi connectivity index (χ4v) is 3.01. The highest BCUT2D eigenvalue weighted by Gasteiger charge is 2.29. The first-order valence-corrected chi connectivity index (χ1v) is 8.82. The van der Waals surface area contributed by atoms with E-state index in [1.807, 2.05) is 25.2 Å². The molecule has 2 amide bonds. The van der Waals surface area contributed by atoms with Crippen LogP contribution in [-0.2, 0) is 13.2 Å². The SMILES string of the molecule is CN(C(=O)NCc1cc2cc(Cl)c(OCc3ccon3)cc2[nH]1)C1CC1. The Balaban J connectivity index is 1.43. The minimum absolute atomic E-state index is 0.0548. The molecule has 26 heavy (non-hydrogen) atoms. The van der Waals surface area contributed by atoms with Crippen molar-refractivity contribution in [1.29, 1.82) is 0 Å². The Morgan fingerprint density at radius 2 is 2.31 bits per heavy atom. The smallest absolute Gasteiger partial charge is 0.317 e. The van der Waals surface area contributed by atoms with Crippen LogP contribution in [0.4, 0.5) is 4.79 Å². The summed E-state index contributed by atoms with van der Waals surface area (Å²) in [6.45, 7) is 0.705. The van der Waals surface area contributed by atoms with Gasteiger partial charge in [0.25, 0.3) is 0 Å². The van der Waals surface area contributed by atoms with E-state index in [0.29, 0.717) is 29.1 Å². The quantitative estimate of drug-likeness (QED) is 0.689. The second kappa shape index (κ2) is 6.92. The number of aromatic amines is 1. The van der Waals surface area contributed by atoms with Crippen molar-refractivity contribution in [3.05, 3.63) is 46.9 Å². The van der Waals surface area contributed by atoms with Gasteiger partial charge in [-0.05, 0) is 25.0 Å². The normalized spacial score (nSPS) is 13.8. The highest BCUT2D eigenvalue weighted by atomic mass is 35.5. The van der Waals surface area contributed by atoms with E-state index in [1.54, 1.807) is 11.0 Å². The number of carbonyl (C=O) groups excluding carboxylic acids is 1. The largest absolute Gasteiger partial charge is 0.486 e. The standard InChI is InChI=1S/C18H19ClN4O3/c1-23(14-2-3-14)18(24)20-9-13-6-11-7-15(19)17(8-16(11)21-13)25-10-12-4-5-26-22-12/h4-8,14,21H,2-3,9-10H2,1H3,(H,20,24). The molecule has 1 aromatic carbocycles. The third-order valence-corrected chi connectivity index (χ3v) is 4.74. The molecule has 1 fully saturated rings. The molecule has 0 saturated heterocycles. The highest BCUT2D eigenvalue weighted by Crippen LogP contribution is 2.31. The predicted molar refractivity (Wildman–Crippen MR) is 97.2 cm³/mol. The summed E-state index contributed by atoms with van der Waals surface area (Å²) in [6.07, 6.45) is 3.67. The van der Waals surface area contributed by atoms with Gasteiger partial charge in [-0.3, -0.25) is 0 Å². The molecule has 8 heteroatoms. The van der Waals surface area contributed by atoms with Crippen LogP contribution in [-0.4, -0.2) is 34.2 Å². The lowest BCUT2D eigenvalue weighted by Gasteiger charge is -2.16. The number of H-pyrrole nitrogens is 1. The number of urea groups is 1. The van der Waals surface area contributed by atoms with Gasteiger partial charge in [-0.2, -0.15) is 0 Å². The summed E-state index contributed by atoms with van der Waals surface area (Å²) in [5, 5.41) is 8.21. The van der Waals surface area contributed by atoms with Crippen LogP contribution in [0.3, 0.4) is 0 Å². The number of hydrogen-bond acceptors (Lipinski definition) is 4.